The molecular weight excluding hydrogens is 832 g/mol. The minimum Gasteiger partial charge on any atom is -0.841 e. The number of carboxylic acid groups (broad SMARTS) is 6. The van der Waals surface area contributed by atoms with Crippen molar-refractivity contribution in [2.24, 2.45) is 0 Å². The Balaban J connectivity index is 2.27. The monoisotopic (exact) mass is 898 g/mol. The van der Waals surface area contributed by atoms with E-state index in [0.29, 0.717) is 0 Å². The van der Waals surface area contributed by atoms with Crippen LogP contribution in [-0.2, 0) is 28.8 Å². The fraction of sp³-hybridized carbons (Fsp3) is 0.846. The number of hydrogen-bond acceptors (Lipinski definition) is 24. The molecule has 0 bridgehead atoms. The minimum absolute atomic E-state index is 0.000686. The van der Waals surface area contributed by atoms with Gasteiger partial charge in [0.25, 0.3) is 0 Å². The molecule has 2 rings (SSSR count). The first kappa shape index (κ1) is 55.5. The highest BCUT2D eigenvalue weighted by Crippen LogP contribution is 2.11. The average Bonchev–Trinajstić information content (AvgIpc) is 3.20. The van der Waals surface area contributed by atoms with Crippen LogP contribution >= 0.6 is 0 Å². The number of hydrogen-bond donors (Lipinski definition) is 2. The van der Waals surface area contributed by atoms with Crippen LogP contribution in [-0.4, -0.2) is 248 Å². The molecule has 0 aromatic carbocycles. The molecule has 2 fully saturated rings. The Kier molecular flexibility index (Phi) is 24.3. The predicted octanol–water partition coefficient (Wildman–Crippen LogP) is -13.2. The molecule has 63 heavy (non-hydrogen) atoms. The third-order valence-electron chi connectivity index (χ3n) is 12.3. The number of nitrogens with one attached hydrogen (secondary N) is 2. The van der Waals surface area contributed by atoms with Crippen molar-refractivity contribution >= 4 is 35.8 Å². The van der Waals surface area contributed by atoms with Gasteiger partial charge in [0, 0.05) is 149 Å². The number of rotatable bonds is 20. The standard InChI is InChI=1S/C39H72N10O14/c1-26(34(52)53)42-7-8-43(27(2)35(54)55)12-21-49(22-18-47(17-9-42)31(6)51)33(39(62)63)24-41-25-40-23-32(38(60)61)48-19-13-44(28(3)36(56)57)10-15-46(30(5)50)16-11-45(14-20-48)29(4)37(58)59/h26-33,40-41H,7-25H2,1-6H3,(H,52,53)(H,54,55)(H,56,57)(H,58,59)(H,60,61)(H,62,63)/q-2/p-6. The van der Waals surface area contributed by atoms with Gasteiger partial charge in [-0.1, -0.05) is 26.3 Å². The van der Waals surface area contributed by atoms with E-state index in [4.69, 9.17) is 0 Å². The first-order valence-electron chi connectivity index (χ1n) is 21.5. The van der Waals surface area contributed by atoms with Crippen molar-refractivity contribution in [2.75, 3.05) is 124 Å². The van der Waals surface area contributed by atoms with Gasteiger partial charge in [-0.05, 0) is 27.7 Å². The van der Waals surface area contributed by atoms with Crippen molar-refractivity contribution in [3.63, 3.8) is 0 Å². The Labute approximate surface area is 369 Å². The van der Waals surface area contributed by atoms with Gasteiger partial charge < -0.3 is 90.1 Å². The van der Waals surface area contributed by atoms with Gasteiger partial charge in [0.05, 0.1) is 47.9 Å². The molecule has 0 aromatic heterocycles. The Morgan fingerprint density at radius 2 is 0.540 bits per heavy atom. The van der Waals surface area contributed by atoms with Crippen LogP contribution in [0.4, 0.5) is 0 Å². The zero-order valence-corrected chi connectivity index (χ0v) is 37.3. The van der Waals surface area contributed by atoms with Gasteiger partial charge in [-0.15, -0.1) is 0 Å². The van der Waals surface area contributed by atoms with E-state index in [0.717, 1.165) is 0 Å². The highest BCUT2D eigenvalue weighted by Gasteiger charge is 2.28. The molecule has 24 nitrogen and oxygen atoms in total. The first-order chi connectivity index (χ1) is 29.6. The lowest BCUT2D eigenvalue weighted by atomic mass is 10.2. The molecule has 0 spiro atoms. The van der Waals surface area contributed by atoms with Crippen LogP contribution in [0, 0.1) is 0 Å². The third kappa shape index (κ3) is 18.4. The largest absolute Gasteiger partial charge is 0.841 e. The molecule has 2 aliphatic rings. The molecule has 2 saturated heterocycles. The molecule has 2 heterocycles. The van der Waals surface area contributed by atoms with E-state index >= 15 is 0 Å². The van der Waals surface area contributed by atoms with Crippen LogP contribution in [0.2, 0.25) is 0 Å². The normalized spacial score (nSPS) is 23.2. The van der Waals surface area contributed by atoms with Crippen molar-refractivity contribution in [1.29, 1.82) is 0 Å². The van der Waals surface area contributed by atoms with Crippen LogP contribution < -0.4 is 51.5 Å². The van der Waals surface area contributed by atoms with Gasteiger partial charge in [0.1, 0.15) is 0 Å². The Bertz CT molecular complexity index is 1430. The summed E-state index contributed by atoms with van der Waals surface area (Å²) >= 11 is 0. The summed E-state index contributed by atoms with van der Waals surface area (Å²) in [6, 6.07) is -6.98. The lowest BCUT2D eigenvalue weighted by molar-refractivity contribution is -0.452. The summed E-state index contributed by atoms with van der Waals surface area (Å²) in [5, 5.41) is 104. The zero-order valence-electron chi connectivity index (χ0n) is 37.3. The van der Waals surface area contributed by atoms with Gasteiger partial charge in [-0.3, -0.25) is 29.4 Å². The summed E-state index contributed by atoms with van der Waals surface area (Å²) in [6.45, 7) is 9.06. The molecule has 24 heteroatoms. The third-order valence-corrected chi connectivity index (χ3v) is 12.3. The molecule has 8 unspecified atom stereocenters. The molecule has 364 valence electrons. The Morgan fingerprint density at radius 3 is 0.714 bits per heavy atom. The smallest absolute Gasteiger partial charge is 0.0620 e. The molecule has 2 N–H and O–H groups in total. The second-order valence-corrected chi connectivity index (χ2v) is 16.2. The average molecular weight is 899 g/mol. The molecule has 0 aliphatic carbocycles. The number of carboxylic acids is 6. The lowest BCUT2D eigenvalue weighted by Crippen LogP contribution is -2.61. The van der Waals surface area contributed by atoms with Crippen molar-refractivity contribution in [1.82, 2.24) is 49.8 Å². The van der Waals surface area contributed by atoms with Crippen LogP contribution in [0.5, 0.6) is 0 Å². The first-order valence-corrected chi connectivity index (χ1v) is 21.5. The van der Waals surface area contributed by atoms with Crippen LogP contribution in [0.25, 0.3) is 0 Å². The van der Waals surface area contributed by atoms with Gasteiger partial charge in [0.15, 0.2) is 0 Å². The summed E-state index contributed by atoms with van der Waals surface area (Å²) in [7, 11) is 0. The predicted molar refractivity (Wildman–Crippen MR) is 208 cm³/mol. The highest BCUT2D eigenvalue weighted by atomic mass is 16.4. The fourth-order valence-corrected chi connectivity index (χ4v) is 7.67. The van der Waals surface area contributed by atoms with Crippen molar-refractivity contribution < 1.29 is 69.6 Å². The maximum Gasteiger partial charge on any atom is 0.0620 e. The van der Waals surface area contributed by atoms with E-state index in [9.17, 15) is 69.6 Å². The highest BCUT2D eigenvalue weighted by molar-refractivity contribution is 5.73. The SMILES string of the molecule is CC([O-])N1CCN(C(C)C(=O)[O-])CCN(C(CNCNCC(C(=O)[O-])N2CCN(C(C)[O-])CCN(C(C)C(=O)[O-])CCN(C(C)C(=O)[O-])CC2)C(=O)[O-])CCN(C(C)C(=O)[O-])CC1. The quantitative estimate of drug-likeness (QED) is 0.0846. The molecule has 2 aliphatic heterocycles. The van der Waals surface area contributed by atoms with E-state index in [2.05, 4.69) is 10.6 Å². The minimum atomic E-state index is -1.49. The Hall–Kier alpha value is -3.66. The molecular formula is C39H66N10O14-8. The van der Waals surface area contributed by atoms with E-state index in [1.165, 1.54) is 61.1 Å². The maximum atomic E-state index is 12.7. The van der Waals surface area contributed by atoms with Gasteiger partial charge in [-0.2, -0.15) is 0 Å². The summed E-state index contributed by atoms with van der Waals surface area (Å²) in [4.78, 5) is 85.1. The van der Waals surface area contributed by atoms with Gasteiger partial charge in [0.2, 0.25) is 0 Å². The van der Waals surface area contributed by atoms with E-state index < -0.39 is 84.5 Å². The number of carbonyl (C=O) groups is 6. The van der Waals surface area contributed by atoms with E-state index in [1.54, 1.807) is 19.6 Å². The topological polar surface area (TPSA) is 337 Å². The fourth-order valence-electron chi connectivity index (χ4n) is 7.67. The van der Waals surface area contributed by atoms with Crippen molar-refractivity contribution in [3.05, 3.63) is 0 Å². The molecule has 0 amide bonds. The number of aliphatic carboxylic acids is 6. The van der Waals surface area contributed by atoms with Crippen molar-refractivity contribution in [2.45, 2.75) is 90.2 Å². The van der Waals surface area contributed by atoms with Crippen LogP contribution in [0.15, 0.2) is 0 Å². The maximum absolute atomic E-state index is 12.7. The van der Waals surface area contributed by atoms with Crippen LogP contribution in [0.1, 0.15) is 41.5 Å². The Morgan fingerprint density at radius 1 is 0.349 bits per heavy atom. The van der Waals surface area contributed by atoms with Crippen molar-refractivity contribution in [3.8, 4) is 0 Å². The van der Waals surface area contributed by atoms with E-state index in [1.807, 2.05) is 0 Å². The summed E-state index contributed by atoms with van der Waals surface area (Å²) in [6.07, 6.45) is -2.41. The second kappa shape index (κ2) is 27.6. The number of carbonyl (C=O) groups excluding carboxylic acids is 6. The number of nitrogens with zero attached hydrogens (tertiary/aromatic N) is 8. The molecule has 8 atom stereocenters. The summed E-state index contributed by atoms with van der Waals surface area (Å²) in [5.41, 5.74) is 0. The summed E-state index contributed by atoms with van der Waals surface area (Å²) in [5.74, 6) is -8.42. The zero-order chi connectivity index (χ0) is 47.6. The lowest BCUT2D eigenvalue weighted by Gasteiger charge is -2.42. The van der Waals surface area contributed by atoms with Crippen LogP contribution in [0.3, 0.4) is 0 Å². The van der Waals surface area contributed by atoms with Gasteiger partial charge >= 0.3 is 0 Å². The molecule has 0 saturated carbocycles. The molecule has 0 aromatic rings. The summed E-state index contributed by atoms with van der Waals surface area (Å²) < 4.78 is 0. The second-order valence-electron chi connectivity index (χ2n) is 16.2. The van der Waals surface area contributed by atoms with Gasteiger partial charge in [-0.25, -0.2) is 0 Å². The molecule has 0 radical (unpaired) electrons. The van der Waals surface area contributed by atoms with E-state index in [-0.39, 0.29) is 124 Å².